The average molecular weight is 282 g/mol. The molecular formula is C18H22N2O. The molecule has 0 bridgehead atoms. The fraction of sp³-hybridized carbons (Fsp3) is 0.444. The van der Waals surface area contributed by atoms with Gasteiger partial charge in [0.2, 0.25) is 0 Å². The molecule has 21 heavy (non-hydrogen) atoms. The van der Waals surface area contributed by atoms with Gasteiger partial charge in [-0.05, 0) is 38.3 Å². The highest BCUT2D eigenvalue weighted by molar-refractivity contribution is 6.06. The number of amides is 1. The van der Waals surface area contributed by atoms with Crippen molar-refractivity contribution in [2.24, 2.45) is 0 Å². The molecule has 3 heteroatoms. The lowest BCUT2D eigenvalue weighted by Crippen LogP contribution is -2.32. The molecule has 1 amide bonds. The highest BCUT2D eigenvalue weighted by Crippen LogP contribution is 2.40. The number of hydrogen-bond donors (Lipinski definition) is 1. The summed E-state index contributed by atoms with van der Waals surface area (Å²) in [5.41, 5.74) is 2.77. The maximum absolute atomic E-state index is 12.6. The average Bonchev–Trinajstić information content (AvgIpc) is 3.31. The van der Waals surface area contributed by atoms with Gasteiger partial charge in [-0.25, -0.2) is 0 Å². The molecule has 0 saturated heterocycles. The summed E-state index contributed by atoms with van der Waals surface area (Å²) in [5.74, 6) is 0.575. The highest BCUT2D eigenvalue weighted by Gasteiger charge is 2.27. The van der Waals surface area contributed by atoms with Gasteiger partial charge in [0.05, 0.1) is 11.1 Å². The monoisotopic (exact) mass is 282 g/mol. The third kappa shape index (κ3) is 3.07. The smallest absolute Gasteiger partial charge is 0.252 e. The van der Waals surface area contributed by atoms with Gasteiger partial charge in [-0.15, -0.1) is 0 Å². The summed E-state index contributed by atoms with van der Waals surface area (Å²) >= 11 is 0. The van der Waals surface area contributed by atoms with Crippen LogP contribution in [0, 0.1) is 0 Å². The van der Waals surface area contributed by atoms with E-state index in [4.69, 9.17) is 4.98 Å². The first-order valence-electron chi connectivity index (χ1n) is 7.89. The van der Waals surface area contributed by atoms with Crippen LogP contribution in [0.15, 0.2) is 30.3 Å². The van der Waals surface area contributed by atoms with Crippen LogP contribution in [0.3, 0.4) is 0 Å². The van der Waals surface area contributed by atoms with Gasteiger partial charge in [0, 0.05) is 23.0 Å². The van der Waals surface area contributed by atoms with Crippen LogP contribution >= 0.6 is 0 Å². The maximum Gasteiger partial charge on any atom is 0.252 e. The third-order valence-electron chi connectivity index (χ3n) is 4.08. The minimum Gasteiger partial charge on any atom is -0.350 e. The number of para-hydroxylation sites is 1. The number of hydrogen-bond acceptors (Lipinski definition) is 2. The number of nitrogens with zero attached hydrogens (tertiary/aromatic N) is 1. The minimum atomic E-state index is 0.0245. The molecule has 1 atom stereocenters. The van der Waals surface area contributed by atoms with Crippen LogP contribution in [0.25, 0.3) is 10.9 Å². The second-order valence-electron chi connectivity index (χ2n) is 6.05. The number of carbonyl (C=O) groups is 1. The Labute approximate surface area is 125 Å². The Balaban J connectivity index is 1.97. The van der Waals surface area contributed by atoms with Crippen molar-refractivity contribution >= 4 is 16.8 Å². The SMILES string of the molecule is CCCC(C)NC(=O)c1cc(C2CC2)nc2ccccc12. The predicted molar refractivity (Wildman–Crippen MR) is 85.6 cm³/mol. The van der Waals surface area contributed by atoms with E-state index in [0.29, 0.717) is 5.92 Å². The minimum absolute atomic E-state index is 0.0245. The first-order valence-corrected chi connectivity index (χ1v) is 7.89. The molecule has 2 aromatic rings. The van der Waals surface area contributed by atoms with Crippen molar-refractivity contribution in [2.75, 3.05) is 0 Å². The van der Waals surface area contributed by atoms with Crippen LogP contribution in [0.5, 0.6) is 0 Å². The largest absolute Gasteiger partial charge is 0.350 e. The van der Waals surface area contributed by atoms with E-state index >= 15 is 0 Å². The van der Waals surface area contributed by atoms with Gasteiger partial charge in [0.25, 0.3) is 5.91 Å². The van der Waals surface area contributed by atoms with Crippen LogP contribution in [-0.2, 0) is 0 Å². The highest BCUT2D eigenvalue weighted by atomic mass is 16.1. The molecule has 0 radical (unpaired) electrons. The Morgan fingerprint density at radius 2 is 2.14 bits per heavy atom. The number of rotatable bonds is 5. The number of fused-ring (bicyclic) bond motifs is 1. The second kappa shape index (κ2) is 5.84. The van der Waals surface area contributed by atoms with Gasteiger partial charge in [-0.1, -0.05) is 31.5 Å². The van der Waals surface area contributed by atoms with E-state index in [2.05, 4.69) is 19.2 Å². The molecule has 1 aliphatic carbocycles. The van der Waals surface area contributed by atoms with E-state index in [9.17, 15) is 4.79 Å². The Kier molecular flexibility index (Phi) is 3.91. The summed E-state index contributed by atoms with van der Waals surface area (Å²) < 4.78 is 0. The molecular weight excluding hydrogens is 260 g/mol. The van der Waals surface area contributed by atoms with Crippen molar-refractivity contribution in [1.29, 1.82) is 0 Å². The number of aromatic nitrogens is 1. The standard InChI is InChI=1S/C18H22N2O/c1-3-6-12(2)19-18(21)15-11-17(13-9-10-13)20-16-8-5-4-7-14(15)16/h4-5,7-8,11-13H,3,6,9-10H2,1-2H3,(H,19,21). The molecule has 3 nitrogen and oxygen atoms in total. The maximum atomic E-state index is 12.6. The van der Waals surface area contributed by atoms with Gasteiger partial charge in [0.15, 0.2) is 0 Å². The topological polar surface area (TPSA) is 42.0 Å². The second-order valence-corrected chi connectivity index (χ2v) is 6.05. The number of nitrogens with one attached hydrogen (secondary N) is 1. The fourth-order valence-corrected chi connectivity index (χ4v) is 2.78. The molecule has 1 aromatic heterocycles. The van der Waals surface area contributed by atoms with Crippen LogP contribution in [0.4, 0.5) is 0 Å². The zero-order chi connectivity index (χ0) is 14.8. The first kappa shape index (κ1) is 14.1. The molecule has 0 aliphatic heterocycles. The van der Waals surface area contributed by atoms with Crippen molar-refractivity contribution in [3.05, 3.63) is 41.6 Å². The van der Waals surface area contributed by atoms with E-state index < -0.39 is 0 Å². The van der Waals surface area contributed by atoms with Crippen LogP contribution in [0.1, 0.15) is 61.5 Å². The molecule has 110 valence electrons. The van der Waals surface area contributed by atoms with Gasteiger partial charge >= 0.3 is 0 Å². The van der Waals surface area contributed by atoms with Crippen LogP contribution < -0.4 is 5.32 Å². The van der Waals surface area contributed by atoms with Crippen molar-refractivity contribution in [1.82, 2.24) is 10.3 Å². The van der Waals surface area contributed by atoms with Crippen molar-refractivity contribution in [3.8, 4) is 0 Å². The Morgan fingerprint density at radius 3 is 2.86 bits per heavy atom. The van der Waals surface area contributed by atoms with Crippen LogP contribution in [0.2, 0.25) is 0 Å². The van der Waals surface area contributed by atoms with E-state index in [1.807, 2.05) is 30.3 Å². The quantitative estimate of drug-likeness (QED) is 0.899. The van der Waals surface area contributed by atoms with Crippen molar-refractivity contribution in [2.45, 2.75) is 51.5 Å². The van der Waals surface area contributed by atoms with E-state index in [1.165, 1.54) is 12.8 Å². The molecule has 3 rings (SSSR count). The molecule has 1 saturated carbocycles. The predicted octanol–water partition coefficient (Wildman–Crippen LogP) is 4.03. The Morgan fingerprint density at radius 1 is 1.38 bits per heavy atom. The Hall–Kier alpha value is -1.90. The molecule has 1 heterocycles. The van der Waals surface area contributed by atoms with Crippen molar-refractivity contribution < 1.29 is 4.79 Å². The van der Waals surface area contributed by atoms with Gasteiger partial charge in [-0.3, -0.25) is 9.78 Å². The normalized spacial score (nSPS) is 15.9. The molecule has 1 N–H and O–H groups in total. The zero-order valence-corrected chi connectivity index (χ0v) is 12.7. The van der Waals surface area contributed by atoms with E-state index in [1.54, 1.807) is 0 Å². The van der Waals surface area contributed by atoms with Crippen molar-refractivity contribution in [3.63, 3.8) is 0 Å². The lowest BCUT2D eigenvalue weighted by atomic mass is 10.0. The fourth-order valence-electron chi connectivity index (χ4n) is 2.78. The summed E-state index contributed by atoms with van der Waals surface area (Å²) in [6, 6.07) is 10.1. The lowest BCUT2D eigenvalue weighted by molar-refractivity contribution is 0.0940. The molecule has 1 unspecified atom stereocenters. The van der Waals surface area contributed by atoms with Gasteiger partial charge in [-0.2, -0.15) is 0 Å². The van der Waals surface area contributed by atoms with Crippen LogP contribution in [-0.4, -0.2) is 16.9 Å². The molecule has 1 aliphatic rings. The first-order chi connectivity index (χ1) is 10.2. The van der Waals surface area contributed by atoms with E-state index in [0.717, 1.165) is 35.0 Å². The zero-order valence-electron chi connectivity index (χ0n) is 12.7. The molecule has 1 aromatic carbocycles. The number of pyridine rings is 1. The summed E-state index contributed by atoms with van der Waals surface area (Å²) in [7, 11) is 0. The van der Waals surface area contributed by atoms with Gasteiger partial charge < -0.3 is 5.32 Å². The number of benzene rings is 1. The summed E-state index contributed by atoms with van der Waals surface area (Å²) in [6.45, 7) is 4.20. The Bertz CT molecular complexity index is 661. The summed E-state index contributed by atoms with van der Waals surface area (Å²) in [6.07, 6.45) is 4.47. The third-order valence-corrected chi connectivity index (χ3v) is 4.08. The number of carbonyl (C=O) groups excluding carboxylic acids is 1. The van der Waals surface area contributed by atoms with Gasteiger partial charge in [0.1, 0.15) is 0 Å². The molecule has 1 fully saturated rings. The lowest BCUT2D eigenvalue weighted by Gasteiger charge is -2.14. The summed E-state index contributed by atoms with van der Waals surface area (Å²) in [5, 5.41) is 4.06. The molecule has 0 spiro atoms. The summed E-state index contributed by atoms with van der Waals surface area (Å²) in [4.78, 5) is 17.3. The van der Waals surface area contributed by atoms with E-state index in [-0.39, 0.29) is 11.9 Å².